The third-order valence-corrected chi connectivity index (χ3v) is 14.8. The van der Waals surface area contributed by atoms with Crippen LogP contribution in [0.4, 0.5) is 0 Å². The molecule has 2 heteroatoms. The summed E-state index contributed by atoms with van der Waals surface area (Å²) < 4.78 is 497. The van der Waals surface area contributed by atoms with Gasteiger partial charge < -0.3 is 8.83 Å². The molecule has 0 amide bonds. The van der Waals surface area contributed by atoms with Crippen LogP contribution in [0, 0.1) is 0 Å². The fourth-order valence-electron chi connectivity index (χ4n) is 11.2. The summed E-state index contributed by atoms with van der Waals surface area (Å²) in [6.45, 7) is 0. The molecule has 0 fully saturated rings. The zero-order valence-electron chi connectivity index (χ0n) is 98.8. The molecule has 90 heavy (non-hydrogen) atoms. The van der Waals surface area contributed by atoms with E-state index >= 15 is 0 Å². The van der Waals surface area contributed by atoms with Gasteiger partial charge in [0.25, 0.3) is 0 Å². The second-order valence-electron chi connectivity index (χ2n) is 19.5. The van der Waals surface area contributed by atoms with E-state index < -0.39 is 512 Å². The Morgan fingerprint density at radius 1 is 0.178 bits per heavy atom. The first-order valence-electron chi connectivity index (χ1n) is 53.6. The van der Waals surface area contributed by atoms with Crippen LogP contribution in [0.1, 0.15) is 74.0 Å². The first-order valence-corrected chi connectivity index (χ1v) is 26.6. The Labute approximate surface area is 595 Å². The monoisotopic (exact) mass is 1200 g/mol. The van der Waals surface area contributed by atoms with Gasteiger partial charge in [0.15, 0.2) is 0 Å². The maximum atomic E-state index is 9.82. The van der Waals surface area contributed by atoms with Gasteiger partial charge in [0.05, 0.1) is 74.0 Å². The van der Waals surface area contributed by atoms with Crippen LogP contribution in [0.3, 0.4) is 0 Å². The minimum Gasteiger partial charge on any atom is -0.456 e. The number of hydrogen-bond acceptors (Lipinski definition) is 2. The van der Waals surface area contributed by atoms with E-state index in [9.17, 15) is 23.3 Å². The summed E-state index contributed by atoms with van der Waals surface area (Å²) in [6, 6.07) is -50.2. The summed E-state index contributed by atoms with van der Waals surface area (Å²) >= 11 is 0. The standard InChI is InChI=1S/C46H28O.C42H26O/c1-2-13-33-29(11-1)23-26-31-12-9-19-34(43(31)33)30-24-27-32(28-25-30)44-35-14-3-5-16-37(35)45(38-17-6-4-15-36(38)44)40-20-10-22-42-46(40)39-18-7-8-21-41(39)47-42;1-2-16-30-27(12-1)13-10-22-31(30)28-14-9-15-29(26-28)40-32-17-3-5-19-34(32)41(35-20-6-4-18-33(35)40)37-23-11-25-39-42(37)36-21-7-8-24-38(36)43-39/h1-28H;1-26H/i1D,2D,3D,4D,5D,6D,7D,8D,9D,10D,11D,12D,13D,14D,15D,16D,17D,18D,19D,20D,21D,22D,23D,24D,25D,26D,27D,28D;1D,2D,3D,4D,5D,6D,7D,8D,9D,10D,11D,12D,13D,14D,15D,16D,17D,18D,19D,20D,21D,22D,23D,24D,25D,26D. The quantitative estimate of drug-likeness (QED) is 0.123. The molecule has 17 aromatic carbocycles. The topological polar surface area (TPSA) is 26.3 Å². The molecule has 0 spiro atoms. The minimum atomic E-state index is -1.13. The highest BCUT2D eigenvalue weighted by Crippen LogP contribution is 2.50. The highest BCUT2D eigenvalue weighted by atomic mass is 16.3. The maximum absolute atomic E-state index is 9.82. The molecule has 0 aliphatic carbocycles. The van der Waals surface area contributed by atoms with Gasteiger partial charge in [-0.3, -0.25) is 0 Å². The molecule has 0 saturated carbocycles. The molecule has 19 aromatic rings. The molecule has 0 atom stereocenters. The summed E-state index contributed by atoms with van der Waals surface area (Å²) in [5.41, 5.74) is -11.5. The van der Waals surface area contributed by atoms with Crippen LogP contribution in [0.25, 0.3) is 186 Å². The minimum absolute atomic E-state index is 0.472. The van der Waals surface area contributed by atoms with E-state index in [-0.39, 0.29) is 0 Å². The predicted octanol–water partition coefficient (Wildman–Crippen LogP) is 25.2. The number of benzene rings is 17. The van der Waals surface area contributed by atoms with Crippen molar-refractivity contribution < 1.29 is 82.9 Å². The fourth-order valence-corrected chi connectivity index (χ4v) is 11.2. The van der Waals surface area contributed by atoms with Gasteiger partial charge in [0, 0.05) is 21.5 Å². The van der Waals surface area contributed by atoms with Crippen molar-refractivity contribution in [3.63, 3.8) is 0 Å². The first kappa shape index (κ1) is 20.9. The first-order chi connectivity index (χ1) is 67.1. The molecule has 0 saturated heterocycles. The van der Waals surface area contributed by atoms with Crippen LogP contribution < -0.4 is 0 Å². The van der Waals surface area contributed by atoms with Gasteiger partial charge in [0.1, 0.15) is 22.3 Å². The molecule has 2 nitrogen and oxygen atoms in total. The smallest absolute Gasteiger partial charge is 0.136 e. The second-order valence-corrected chi connectivity index (χ2v) is 19.5. The number of fused-ring (bicyclic) bond motifs is 14. The van der Waals surface area contributed by atoms with E-state index in [1.807, 2.05) is 0 Å². The molecule has 0 N–H and O–H groups in total. The van der Waals surface area contributed by atoms with Crippen molar-refractivity contribution in [3.8, 4) is 66.8 Å². The number of furan rings is 2. The van der Waals surface area contributed by atoms with Gasteiger partial charge >= 0.3 is 0 Å². The lowest BCUT2D eigenvalue weighted by molar-refractivity contribution is 0.668. The maximum Gasteiger partial charge on any atom is 0.136 e. The Bertz CT molecular complexity index is 9280. The van der Waals surface area contributed by atoms with Crippen LogP contribution >= 0.6 is 0 Å². The summed E-state index contributed by atoms with van der Waals surface area (Å²) in [5, 5.41) is -11.4. The third-order valence-electron chi connectivity index (χ3n) is 14.8. The zero-order chi connectivity index (χ0) is 106. The number of para-hydroxylation sites is 2. The Morgan fingerprint density at radius 2 is 0.511 bits per heavy atom. The molecular formula is C88H54O2. The summed E-state index contributed by atoms with van der Waals surface area (Å²) in [5.74, 6) is 0. The summed E-state index contributed by atoms with van der Waals surface area (Å²) in [7, 11) is 0. The molecule has 0 aliphatic rings. The van der Waals surface area contributed by atoms with Crippen molar-refractivity contribution >= 4 is 119 Å². The molecule has 2 aromatic heterocycles. The SMILES string of the molecule is [2H]c1c([2H])c(-c2c([2H])c([2H])c([2H])c3c([2H])c([2H])c([2H])c([2H])c23)c([2H])c(-c2c3c([2H])c([2H])c([2H])c([2H])c3c(-c3c([2H])c([2H])c([2H])c4oc5c([2H])c([2H])c([2H])c([2H])c5c34)c3c([2H])c([2H])c([2H])c([2H])c23)c1[2H].[2H]c1c([2H])c(-c2c([2H])c([2H])c([2H])c3c([2H])c([2H])c4c([2H])c([2H])c([2H])c([2H])c4c23)c([2H])c([2H])c1-c1c2c([2H])c([2H])c([2H])c([2H])c2c(-c2c([2H])c([2H])c([2H])c3oc4c([2H])c([2H])c([2H])c([2H])c4c23)c2c([2H])c([2H])c([2H])c([2H])c12. The molecule has 19 rings (SSSR count). The van der Waals surface area contributed by atoms with E-state index in [4.69, 9.17) is 59.6 Å². The molecule has 2 heterocycles. The van der Waals surface area contributed by atoms with E-state index in [1.54, 1.807) is 0 Å². The van der Waals surface area contributed by atoms with Crippen molar-refractivity contribution in [1.82, 2.24) is 0 Å². The van der Waals surface area contributed by atoms with Crippen LogP contribution in [0.5, 0.6) is 0 Å². The zero-order valence-corrected chi connectivity index (χ0v) is 44.8. The highest BCUT2D eigenvalue weighted by molar-refractivity contribution is 6.28. The Balaban J connectivity index is 0.000000190. The number of hydrogen-bond donors (Lipinski definition) is 0. The van der Waals surface area contributed by atoms with E-state index in [0.717, 1.165) is 0 Å². The fraction of sp³-hybridized carbons (Fsp3) is 0. The van der Waals surface area contributed by atoms with Crippen LogP contribution in [0.15, 0.2) is 335 Å². The second kappa shape index (κ2) is 21.0. The van der Waals surface area contributed by atoms with E-state index in [1.165, 1.54) is 0 Å². The predicted molar refractivity (Wildman–Crippen MR) is 383 cm³/mol. The lowest BCUT2D eigenvalue weighted by atomic mass is 9.84. The van der Waals surface area contributed by atoms with E-state index in [0.29, 0.717) is 0 Å². The summed E-state index contributed by atoms with van der Waals surface area (Å²) in [4.78, 5) is 0. The normalized spacial score (nSPS) is 20.2. The molecule has 418 valence electrons. The van der Waals surface area contributed by atoms with Crippen LogP contribution in [-0.4, -0.2) is 0 Å². The molecule has 0 unspecified atom stereocenters. The lowest BCUT2D eigenvalue weighted by Gasteiger charge is -2.19. The lowest BCUT2D eigenvalue weighted by Crippen LogP contribution is -1.91. The van der Waals surface area contributed by atoms with Gasteiger partial charge in [0.2, 0.25) is 0 Å². The van der Waals surface area contributed by atoms with Crippen molar-refractivity contribution in [3.05, 3.63) is 326 Å². The van der Waals surface area contributed by atoms with Crippen LogP contribution in [0.2, 0.25) is 0 Å². The van der Waals surface area contributed by atoms with Crippen molar-refractivity contribution in [2.75, 3.05) is 0 Å². The Morgan fingerprint density at radius 3 is 1.04 bits per heavy atom. The summed E-state index contributed by atoms with van der Waals surface area (Å²) in [6.07, 6.45) is 0. The van der Waals surface area contributed by atoms with Crippen molar-refractivity contribution in [2.24, 2.45) is 0 Å². The van der Waals surface area contributed by atoms with Gasteiger partial charge in [-0.1, -0.05) is 296 Å². The third kappa shape index (κ3) is 8.19. The Hall–Kier alpha value is -11.8. The largest absolute Gasteiger partial charge is 0.456 e. The Kier molecular flexibility index (Phi) is 4.87. The van der Waals surface area contributed by atoms with Crippen LogP contribution in [-0.2, 0) is 0 Å². The molecular weight excluding hydrogens is 1090 g/mol. The van der Waals surface area contributed by atoms with Gasteiger partial charge in [-0.25, -0.2) is 0 Å². The highest BCUT2D eigenvalue weighted by Gasteiger charge is 2.23. The molecule has 0 aliphatic heterocycles. The number of rotatable bonds is 6. The van der Waals surface area contributed by atoms with Crippen molar-refractivity contribution in [2.45, 2.75) is 0 Å². The van der Waals surface area contributed by atoms with Gasteiger partial charge in [-0.15, -0.1) is 0 Å². The average Bonchev–Trinajstić information content (AvgIpc) is 1.13. The molecule has 0 bridgehead atoms. The average molecular weight is 1200 g/mol. The van der Waals surface area contributed by atoms with Crippen molar-refractivity contribution in [1.29, 1.82) is 0 Å². The van der Waals surface area contributed by atoms with Gasteiger partial charge in [-0.2, -0.15) is 0 Å². The van der Waals surface area contributed by atoms with E-state index in [2.05, 4.69) is 0 Å². The molecule has 0 radical (unpaired) electrons. The van der Waals surface area contributed by atoms with Gasteiger partial charge in [-0.05, 0) is 172 Å².